The molecule has 4 nitrogen and oxygen atoms in total. The summed E-state index contributed by atoms with van der Waals surface area (Å²) in [6.45, 7) is 8.49. The van der Waals surface area contributed by atoms with Gasteiger partial charge in [0.25, 0.3) is 0 Å². The van der Waals surface area contributed by atoms with Crippen molar-refractivity contribution >= 4 is 34.9 Å². The summed E-state index contributed by atoms with van der Waals surface area (Å²) in [5.74, 6) is 4.66. The lowest BCUT2D eigenvalue weighted by atomic mass is 10.1. The fourth-order valence-electron chi connectivity index (χ4n) is 6.69. The molecule has 0 aliphatic heterocycles. The van der Waals surface area contributed by atoms with Gasteiger partial charge in [0.1, 0.15) is 0 Å². The standard InChI is InChI=1S/C27H34N2S.C25H30N2S/c1-4-12-25(13-5-1)22-29(23-26-14-6-2-7-15-26)20-10-18-28-19-11-21-30-24-27-16-8-3-9-17-27;1-4-12-23(13-5-1)22-28-21-11-19-26-18-10-20-27(24-14-6-2-7-15-24)25-16-8-3-9-17-25/h1-9,12-17,28H,10-11,18-24H2;1-9,12-17,26H,10-11,18-22H2. The summed E-state index contributed by atoms with van der Waals surface area (Å²) < 4.78 is 0. The number of benzene rings is 6. The average molecular weight is 809 g/mol. The molecule has 6 aromatic rings. The van der Waals surface area contributed by atoms with Gasteiger partial charge in [-0.1, -0.05) is 158 Å². The summed E-state index contributed by atoms with van der Waals surface area (Å²) >= 11 is 4.05. The number of nitrogens with one attached hydrogen (secondary N) is 2. The van der Waals surface area contributed by atoms with Crippen LogP contribution in [0.5, 0.6) is 0 Å². The number of hydrogen-bond donors (Lipinski definition) is 2. The first-order valence-electron chi connectivity index (χ1n) is 21.2. The molecule has 0 amide bonds. The van der Waals surface area contributed by atoms with Gasteiger partial charge in [-0.2, -0.15) is 23.5 Å². The van der Waals surface area contributed by atoms with Gasteiger partial charge in [-0.05, 0) is 110 Å². The van der Waals surface area contributed by atoms with Crippen LogP contribution in [-0.4, -0.2) is 55.7 Å². The lowest BCUT2D eigenvalue weighted by Gasteiger charge is -2.25. The van der Waals surface area contributed by atoms with E-state index in [0.717, 1.165) is 70.3 Å². The Balaban J connectivity index is 0.000000221. The topological polar surface area (TPSA) is 30.5 Å². The Bertz CT molecular complexity index is 1750. The van der Waals surface area contributed by atoms with E-state index in [1.807, 2.05) is 23.5 Å². The second kappa shape index (κ2) is 29.0. The Morgan fingerprint density at radius 3 is 1.07 bits per heavy atom. The third kappa shape index (κ3) is 19.0. The van der Waals surface area contributed by atoms with E-state index in [1.54, 1.807) is 0 Å². The van der Waals surface area contributed by atoms with E-state index in [1.165, 1.54) is 64.4 Å². The molecule has 0 radical (unpaired) electrons. The average Bonchev–Trinajstić information content (AvgIpc) is 3.28. The van der Waals surface area contributed by atoms with E-state index in [-0.39, 0.29) is 0 Å². The highest BCUT2D eigenvalue weighted by molar-refractivity contribution is 7.98. The van der Waals surface area contributed by atoms with Crippen LogP contribution >= 0.6 is 23.5 Å². The molecular formula is C52H64N4S2. The second-order valence-corrected chi connectivity index (χ2v) is 16.7. The monoisotopic (exact) mass is 808 g/mol. The van der Waals surface area contributed by atoms with E-state index >= 15 is 0 Å². The Labute approximate surface area is 358 Å². The zero-order valence-corrected chi connectivity index (χ0v) is 36.0. The van der Waals surface area contributed by atoms with E-state index in [4.69, 9.17) is 0 Å². The number of anilines is 2. The molecule has 0 saturated carbocycles. The van der Waals surface area contributed by atoms with Crippen LogP contribution in [-0.2, 0) is 24.6 Å². The summed E-state index contributed by atoms with van der Waals surface area (Å²) in [6, 6.07) is 64.4. The molecule has 6 rings (SSSR count). The molecule has 0 aliphatic carbocycles. The SMILES string of the molecule is c1ccc(CSCCCNCCCN(Cc2ccccc2)Cc2ccccc2)cc1.c1ccc(CSCCCNCCCN(c2ccccc2)c2ccccc2)cc1. The molecule has 0 unspecified atom stereocenters. The smallest absolute Gasteiger partial charge is 0.0410 e. The van der Waals surface area contributed by atoms with Gasteiger partial charge in [0.2, 0.25) is 0 Å². The van der Waals surface area contributed by atoms with Crippen molar-refractivity contribution in [2.45, 2.75) is 50.3 Å². The van der Waals surface area contributed by atoms with Crippen LogP contribution in [0, 0.1) is 0 Å². The fraction of sp³-hybridized carbons (Fsp3) is 0.308. The van der Waals surface area contributed by atoms with Crippen molar-refractivity contribution in [3.8, 4) is 0 Å². The molecule has 0 aromatic heterocycles. The van der Waals surface area contributed by atoms with Gasteiger partial charge in [-0.3, -0.25) is 4.90 Å². The Kier molecular flexibility index (Phi) is 22.4. The molecule has 0 heterocycles. The van der Waals surface area contributed by atoms with Crippen molar-refractivity contribution in [2.24, 2.45) is 0 Å². The normalized spacial score (nSPS) is 10.9. The van der Waals surface area contributed by atoms with Crippen LogP contribution in [0.1, 0.15) is 47.9 Å². The zero-order valence-electron chi connectivity index (χ0n) is 34.3. The van der Waals surface area contributed by atoms with Crippen LogP contribution in [0.3, 0.4) is 0 Å². The van der Waals surface area contributed by atoms with Crippen molar-refractivity contribution in [1.82, 2.24) is 15.5 Å². The number of hydrogen-bond acceptors (Lipinski definition) is 6. The molecule has 6 aromatic carbocycles. The van der Waals surface area contributed by atoms with Gasteiger partial charge >= 0.3 is 0 Å². The van der Waals surface area contributed by atoms with Gasteiger partial charge in [0.15, 0.2) is 0 Å². The van der Waals surface area contributed by atoms with Crippen molar-refractivity contribution in [3.05, 3.63) is 204 Å². The predicted octanol–water partition coefficient (Wildman–Crippen LogP) is 12.1. The van der Waals surface area contributed by atoms with Gasteiger partial charge in [-0.15, -0.1) is 0 Å². The second-order valence-electron chi connectivity index (χ2n) is 14.5. The molecule has 0 spiro atoms. The molecule has 0 atom stereocenters. The Morgan fingerprint density at radius 2 is 0.672 bits per heavy atom. The Morgan fingerprint density at radius 1 is 0.345 bits per heavy atom. The van der Waals surface area contributed by atoms with Gasteiger partial charge in [-0.25, -0.2) is 0 Å². The summed E-state index contributed by atoms with van der Waals surface area (Å²) in [5.41, 5.74) is 8.13. The van der Waals surface area contributed by atoms with Crippen molar-refractivity contribution < 1.29 is 0 Å². The molecule has 0 fully saturated rings. The van der Waals surface area contributed by atoms with Crippen LogP contribution < -0.4 is 15.5 Å². The Hall–Kier alpha value is -4.30. The number of nitrogens with zero attached hydrogens (tertiary/aromatic N) is 2. The molecule has 2 N–H and O–H groups in total. The van der Waals surface area contributed by atoms with Crippen molar-refractivity contribution in [2.75, 3.05) is 55.7 Å². The minimum absolute atomic E-state index is 1.01. The lowest BCUT2D eigenvalue weighted by molar-refractivity contribution is 0.252. The van der Waals surface area contributed by atoms with E-state index in [0.29, 0.717) is 0 Å². The summed E-state index contributed by atoms with van der Waals surface area (Å²) in [5, 5.41) is 7.23. The molecule has 304 valence electrons. The molecule has 0 bridgehead atoms. The van der Waals surface area contributed by atoms with E-state index in [9.17, 15) is 0 Å². The largest absolute Gasteiger partial charge is 0.341 e. The first kappa shape index (κ1) is 44.8. The van der Waals surface area contributed by atoms with Gasteiger partial charge in [0, 0.05) is 49.1 Å². The molecule has 58 heavy (non-hydrogen) atoms. The quantitative estimate of drug-likeness (QED) is 0.0531. The molecular weight excluding hydrogens is 745 g/mol. The fourth-order valence-corrected chi connectivity index (χ4v) is 8.53. The number of thioether (sulfide) groups is 2. The zero-order chi connectivity index (χ0) is 40.0. The molecule has 0 saturated heterocycles. The van der Waals surface area contributed by atoms with E-state index < -0.39 is 0 Å². The van der Waals surface area contributed by atoms with Crippen LogP contribution in [0.25, 0.3) is 0 Å². The molecule has 6 heteroatoms. The molecule has 0 aliphatic rings. The first-order valence-corrected chi connectivity index (χ1v) is 23.5. The minimum atomic E-state index is 1.01. The van der Waals surface area contributed by atoms with Crippen LogP contribution in [0.2, 0.25) is 0 Å². The highest BCUT2D eigenvalue weighted by Crippen LogP contribution is 2.25. The van der Waals surface area contributed by atoms with Gasteiger partial charge < -0.3 is 15.5 Å². The van der Waals surface area contributed by atoms with Crippen LogP contribution in [0.15, 0.2) is 182 Å². The first-order chi connectivity index (χ1) is 28.8. The summed E-state index contributed by atoms with van der Waals surface area (Å²) in [6.07, 6.45) is 4.76. The highest BCUT2D eigenvalue weighted by atomic mass is 32.2. The minimum Gasteiger partial charge on any atom is -0.341 e. The van der Waals surface area contributed by atoms with Crippen molar-refractivity contribution in [1.29, 1.82) is 0 Å². The maximum atomic E-state index is 3.63. The number of para-hydroxylation sites is 2. The lowest BCUT2D eigenvalue weighted by Crippen LogP contribution is -2.27. The van der Waals surface area contributed by atoms with E-state index in [2.05, 4.69) is 202 Å². The predicted molar refractivity (Wildman–Crippen MR) is 256 cm³/mol. The third-order valence-electron chi connectivity index (χ3n) is 9.70. The summed E-state index contributed by atoms with van der Waals surface area (Å²) in [4.78, 5) is 4.96. The highest BCUT2D eigenvalue weighted by Gasteiger charge is 2.09. The third-order valence-corrected chi connectivity index (χ3v) is 11.9. The van der Waals surface area contributed by atoms with Crippen LogP contribution in [0.4, 0.5) is 11.4 Å². The number of rotatable bonds is 26. The van der Waals surface area contributed by atoms with Crippen molar-refractivity contribution in [3.63, 3.8) is 0 Å². The van der Waals surface area contributed by atoms with Gasteiger partial charge in [0.05, 0.1) is 0 Å². The maximum Gasteiger partial charge on any atom is 0.0410 e. The summed E-state index contributed by atoms with van der Waals surface area (Å²) in [7, 11) is 0. The maximum absolute atomic E-state index is 3.63.